The van der Waals surface area contributed by atoms with E-state index in [0.29, 0.717) is 16.1 Å². The van der Waals surface area contributed by atoms with Gasteiger partial charge in [-0.15, -0.1) is 0 Å². The number of hydrogen-bond acceptors (Lipinski definition) is 5. The Labute approximate surface area is 212 Å². The van der Waals surface area contributed by atoms with Crippen LogP contribution in [0.1, 0.15) is 31.4 Å². The van der Waals surface area contributed by atoms with Crippen LogP contribution in [0.3, 0.4) is 0 Å². The van der Waals surface area contributed by atoms with E-state index < -0.39 is 47.4 Å². The molecule has 0 radical (unpaired) electrons. The van der Waals surface area contributed by atoms with Crippen LogP contribution in [0.4, 0.5) is 9.59 Å². The third-order valence-corrected chi connectivity index (χ3v) is 7.03. The van der Waals surface area contributed by atoms with Crippen LogP contribution in [0.5, 0.6) is 0 Å². The van der Waals surface area contributed by atoms with Crippen LogP contribution in [0.25, 0.3) is 10.8 Å². The van der Waals surface area contributed by atoms with E-state index in [1.165, 1.54) is 0 Å². The minimum Gasteiger partial charge on any atom is -0.319 e. The molecule has 7 amide bonds. The summed E-state index contributed by atoms with van der Waals surface area (Å²) >= 11 is 0. The van der Waals surface area contributed by atoms with Gasteiger partial charge < -0.3 is 10.6 Å². The maximum absolute atomic E-state index is 13.3. The van der Waals surface area contributed by atoms with E-state index >= 15 is 0 Å². The Hall–Kier alpha value is -4.73. The van der Waals surface area contributed by atoms with Crippen LogP contribution in [0.15, 0.2) is 72.8 Å². The maximum atomic E-state index is 13.3. The van der Waals surface area contributed by atoms with E-state index in [0.717, 1.165) is 15.7 Å². The third-order valence-electron chi connectivity index (χ3n) is 7.03. The molecule has 0 aliphatic carbocycles. The van der Waals surface area contributed by atoms with E-state index in [1.807, 2.05) is 36.4 Å². The molecule has 0 bridgehead atoms. The molecule has 5 rings (SSSR count). The average molecular weight is 500 g/mol. The number of carbonyl (C=O) groups excluding carboxylic acids is 5. The lowest BCUT2D eigenvalue weighted by molar-refractivity contribution is -0.141. The third kappa shape index (κ3) is 3.77. The van der Waals surface area contributed by atoms with Crippen molar-refractivity contribution in [1.29, 1.82) is 0 Å². The molecule has 0 saturated carbocycles. The quantitative estimate of drug-likeness (QED) is 0.449. The number of nitrogens with zero attached hydrogens (tertiary/aromatic N) is 2. The molecule has 2 atom stereocenters. The number of fused-ring (bicyclic) bond motifs is 1. The van der Waals surface area contributed by atoms with Crippen molar-refractivity contribution in [1.82, 2.24) is 26.0 Å². The predicted molar refractivity (Wildman–Crippen MR) is 133 cm³/mol. The smallest absolute Gasteiger partial charge is 0.319 e. The van der Waals surface area contributed by atoms with Gasteiger partial charge in [0.1, 0.15) is 17.6 Å². The minimum atomic E-state index is -1.38. The average Bonchev–Trinajstić information content (AvgIpc) is 3.28. The molecule has 0 spiro atoms. The Morgan fingerprint density at radius 1 is 0.811 bits per heavy atom. The summed E-state index contributed by atoms with van der Waals surface area (Å²) in [7, 11) is 0. The zero-order chi connectivity index (χ0) is 26.4. The van der Waals surface area contributed by atoms with Gasteiger partial charge in [0.25, 0.3) is 17.7 Å². The van der Waals surface area contributed by atoms with Gasteiger partial charge in [-0.1, -0.05) is 73.7 Å². The summed E-state index contributed by atoms with van der Waals surface area (Å²) in [5.41, 5.74) is 0.685. The second-order valence-electron chi connectivity index (χ2n) is 9.24. The molecule has 37 heavy (non-hydrogen) atoms. The van der Waals surface area contributed by atoms with Crippen LogP contribution in [0, 0.1) is 0 Å². The number of imide groups is 2. The Bertz CT molecular complexity index is 1460. The van der Waals surface area contributed by atoms with E-state index in [1.54, 1.807) is 50.2 Å². The summed E-state index contributed by atoms with van der Waals surface area (Å²) in [4.78, 5) is 65.5. The monoisotopic (exact) mass is 499 g/mol. The summed E-state index contributed by atoms with van der Waals surface area (Å²) in [6, 6.07) is 20.2. The Kier molecular flexibility index (Phi) is 5.66. The molecule has 2 heterocycles. The molecule has 2 aliphatic heterocycles. The van der Waals surface area contributed by atoms with Gasteiger partial charge in [-0.2, -0.15) is 5.01 Å². The highest BCUT2D eigenvalue weighted by Gasteiger charge is 2.53. The van der Waals surface area contributed by atoms with Crippen molar-refractivity contribution in [3.8, 4) is 0 Å². The zero-order valence-electron chi connectivity index (χ0n) is 20.3. The van der Waals surface area contributed by atoms with Crippen molar-refractivity contribution in [3.63, 3.8) is 0 Å². The van der Waals surface area contributed by atoms with E-state index in [2.05, 4.69) is 16.1 Å². The summed E-state index contributed by atoms with van der Waals surface area (Å²) in [6.07, 6.45) is 0.255. The van der Waals surface area contributed by atoms with Gasteiger partial charge in [0.2, 0.25) is 0 Å². The zero-order valence-corrected chi connectivity index (χ0v) is 20.3. The molecule has 10 heteroatoms. The van der Waals surface area contributed by atoms with Gasteiger partial charge >= 0.3 is 12.1 Å². The first kappa shape index (κ1) is 24.0. The van der Waals surface area contributed by atoms with Gasteiger partial charge in [0.05, 0.1) is 0 Å². The lowest BCUT2D eigenvalue weighted by Gasteiger charge is -2.25. The fourth-order valence-electron chi connectivity index (χ4n) is 4.88. The van der Waals surface area contributed by atoms with Crippen molar-refractivity contribution >= 4 is 40.6 Å². The summed E-state index contributed by atoms with van der Waals surface area (Å²) in [5.74, 6) is -2.14. The molecule has 2 saturated heterocycles. The first-order chi connectivity index (χ1) is 17.7. The standard InChI is InChI=1S/C27H25N5O5/c1-3-27(19-11-5-4-6-12-19)23(35)32(25(37)29-27)30-21(33)16-31-22(34)26(2,28-24(31)36)20-14-13-17-9-7-8-10-18(17)15-20/h4-15H,3,16H2,1-2H3,(H,28,36)(H,29,37)(H,30,33)/t26-,27-/m1/s1. The number of nitrogens with one attached hydrogen (secondary N) is 3. The molecule has 0 unspecified atom stereocenters. The van der Waals surface area contributed by atoms with Crippen LogP contribution >= 0.6 is 0 Å². The number of amides is 7. The molecule has 3 N–H and O–H groups in total. The highest BCUT2D eigenvalue weighted by Crippen LogP contribution is 2.32. The maximum Gasteiger partial charge on any atom is 0.344 e. The van der Waals surface area contributed by atoms with Gasteiger partial charge in [-0.3, -0.25) is 24.7 Å². The molecule has 2 fully saturated rings. The molecule has 10 nitrogen and oxygen atoms in total. The van der Waals surface area contributed by atoms with Crippen LogP contribution in [-0.4, -0.2) is 46.2 Å². The first-order valence-corrected chi connectivity index (χ1v) is 11.8. The molecule has 3 aromatic carbocycles. The van der Waals surface area contributed by atoms with Gasteiger partial charge in [-0.05, 0) is 41.3 Å². The number of urea groups is 2. The summed E-state index contributed by atoms with van der Waals surface area (Å²) in [6.45, 7) is 2.65. The Balaban J connectivity index is 1.32. The van der Waals surface area contributed by atoms with Crippen molar-refractivity contribution in [2.24, 2.45) is 0 Å². The summed E-state index contributed by atoms with van der Waals surface area (Å²) < 4.78 is 0. The fraction of sp³-hybridized carbons (Fsp3) is 0.222. The molecule has 0 aromatic heterocycles. The predicted octanol–water partition coefficient (Wildman–Crippen LogP) is 2.50. The number of benzene rings is 3. The normalized spacial score (nSPS) is 23.4. The minimum absolute atomic E-state index is 0.255. The van der Waals surface area contributed by atoms with E-state index in [-0.39, 0.29) is 6.42 Å². The highest BCUT2D eigenvalue weighted by atomic mass is 16.2. The fourth-order valence-corrected chi connectivity index (χ4v) is 4.88. The second kappa shape index (κ2) is 8.74. The number of rotatable bonds is 6. The second-order valence-corrected chi connectivity index (χ2v) is 9.24. The van der Waals surface area contributed by atoms with Gasteiger partial charge in [-0.25, -0.2) is 9.59 Å². The summed E-state index contributed by atoms with van der Waals surface area (Å²) in [5, 5.41) is 7.81. The van der Waals surface area contributed by atoms with E-state index in [4.69, 9.17) is 0 Å². The van der Waals surface area contributed by atoms with Crippen molar-refractivity contribution < 1.29 is 24.0 Å². The lowest BCUT2D eigenvalue weighted by atomic mass is 9.87. The van der Waals surface area contributed by atoms with Crippen molar-refractivity contribution in [2.45, 2.75) is 31.3 Å². The number of hydrazine groups is 1. The van der Waals surface area contributed by atoms with Gasteiger partial charge in [0, 0.05) is 0 Å². The number of carbonyl (C=O) groups is 5. The Morgan fingerprint density at radius 3 is 2.19 bits per heavy atom. The van der Waals surface area contributed by atoms with Gasteiger partial charge in [0.15, 0.2) is 0 Å². The van der Waals surface area contributed by atoms with Crippen LogP contribution in [0.2, 0.25) is 0 Å². The Morgan fingerprint density at radius 2 is 1.49 bits per heavy atom. The topological polar surface area (TPSA) is 128 Å². The molecule has 2 aliphatic rings. The van der Waals surface area contributed by atoms with Crippen LogP contribution in [-0.2, 0) is 25.5 Å². The van der Waals surface area contributed by atoms with Crippen LogP contribution < -0.4 is 16.1 Å². The number of hydrogen-bond donors (Lipinski definition) is 3. The lowest BCUT2D eigenvalue weighted by Crippen LogP contribution is -2.52. The van der Waals surface area contributed by atoms with E-state index in [9.17, 15) is 24.0 Å². The SMILES string of the molecule is CC[C@]1(c2ccccc2)NC(=O)N(NC(=O)CN2C(=O)N[C@](C)(c3ccc4ccccc4c3)C2=O)C1=O. The molecule has 188 valence electrons. The molecular weight excluding hydrogens is 474 g/mol. The highest BCUT2D eigenvalue weighted by molar-refractivity contribution is 6.11. The van der Waals surface area contributed by atoms with Crippen molar-refractivity contribution in [2.75, 3.05) is 6.54 Å². The molecule has 3 aromatic rings. The van der Waals surface area contributed by atoms with Crippen molar-refractivity contribution in [3.05, 3.63) is 83.9 Å². The first-order valence-electron chi connectivity index (χ1n) is 11.8. The molecular formula is C27H25N5O5. The largest absolute Gasteiger partial charge is 0.344 e.